The topological polar surface area (TPSA) is 15.3 Å². The SMILES string of the molecule is C[C@@H]1CN(Cc2ccsc2Cl)CCN1. The lowest BCUT2D eigenvalue weighted by Crippen LogP contribution is -2.48. The maximum absolute atomic E-state index is 6.07. The molecule has 1 atom stereocenters. The van der Waals surface area contributed by atoms with Gasteiger partial charge in [0, 0.05) is 32.2 Å². The summed E-state index contributed by atoms with van der Waals surface area (Å²) in [5.41, 5.74) is 1.27. The van der Waals surface area contributed by atoms with E-state index in [1.807, 2.05) is 0 Å². The van der Waals surface area contributed by atoms with E-state index in [2.05, 4.69) is 28.6 Å². The van der Waals surface area contributed by atoms with Crippen molar-refractivity contribution in [2.75, 3.05) is 19.6 Å². The Bertz CT molecular complexity index is 300. The zero-order valence-electron chi connectivity index (χ0n) is 8.29. The van der Waals surface area contributed by atoms with Crippen LogP contribution in [0, 0.1) is 0 Å². The monoisotopic (exact) mass is 230 g/mol. The van der Waals surface area contributed by atoms with Crippen molar-refractivity contribution in [2.24, 2.45) is 0 Å². The van der Waals surface area contributed by atoms with Crippen molar-refractivity contribution in [3.05, 3.63) is 21.3 Å². The Balaban J connectivity index is 1.94. The molecule has 0 aliphatic carbocycles. The van der Waals surface area contributed by atoms with Crippen molar-refractivity contribution in [3.8, 4) is 0 Å². The van der Waals surface area contributed by atoms with Crippen LogP contribution in [-0.4, -0.2) is 30.6 Å². The molecule has 1 aromatic heterocycles. The average molecular weight is 231 g/mol. The smallest absolute Gasteiger partial charge is 0.0973 e. The standard InChI is InChI=1S/C10H15ClN2S/c1-8-6-13(4-3-12-8)7-9-2-5-14-10(9)11/h2,5,8,12H,3-4,6-7H2,1H3/t8-/m1/s1. The quantitative estimate of drug-likeness (QED) is 0.838. The first-order chi connectivity index (χ1) is 6.75. The fourth-order valence-corrected chi connectivity index (χ4v) is 2.74. The second kappa shape index (κ2) is 4.62. The van der Waals surface area contributed by atoms with Crippen LogP contribution < -0.4 is 5.32 Å². The molecule has 14 heavy (non-hydrogen) atoms. The molecular formula is C10H15ClN2S. The van der Waals surface area contributed by atoms with Crippen LogP contribution in [0.1, 0.15) is 12.5 Å². The van der Waals surface area contributed by atoms with E-state index in [9.17, 15) is 0 Å². The summed E-state index contributed by atoms with van der Waals surface area (Å²) in [6.45, 7) is 6.54. The van der Waals surface area contributed by atoms with Crippen LogP contribution in [0.2, 0.25) is 4.34 Å². The highest BCUT2D eigenvalue weighted by molar-refractivity contribution is 7.14. The number of hydrogen-bond donors (Lipinski definition) is 1. The Kier molecular flexibility index (Phi) is 3.44. The van der Waals surface area contributed by atoms with Gasteiger partial charge in [-0.2, -0.15) is 0 Å². The fourth-order valence-electron chi connectivity index (χ4n) is 1.83. The van der Waals surface area contributed by atoms with Gasteiger partial charge in [-0.15, -0.1) is 11.3 Å². The number of hydrogen-bond acceptors (Lipinski definition) is 3. The Morgan fingerprint density at radius 3 is 3.21 bits per heavy atom. The van der Waals surface area contributed by atoms with Gasteiger partial charge in [-0.25, -0.2) is 0 Å². The largest absolute Gasteiger partial charge is 0.312 e. The van der Waals surface area contributed by atoms with Gasteiger partial charge in [0.2, 0.25) is 0 Å². The van der Waals surface area contributed by atoms with Crippen LogP contribution >= 0.6 is 22.9 Å². The van der Waals surface area contributed by atoms with E-state index < -0.39 is 0 Å². The van der Waals surface area contributed by atoms with Gasteiger partial charge in [0.25, 0.3) is 0 Å². The highest BCUT2D eigenvalue weighted by Gasteiger charge is 2.16. The van der Waals surface area contributed by atoms with Gasteiger partial charge in [-0.3, -0.25) is 4.90 Å². The molecule has 1 aliphatic heterocycles. The minimum atomic E-state index is 0.598. The van der Waals surface area contributed by atoms with Crippen LogP contribution in [0.25, 0.3) is 0 Å². The number of thiophene rings is 1. The van der Waals surface area contributed by atoms with Crippen molar-refractivity contribution >= 4 is 22.9 Å². The third-order valence-electron chi connectivity index (χ3n) is 2.54. The lowest BCUT2D eigenvalue weighted by atomic mass is 10.2. The minimum absolute atomic E-state index is 0.598. The summed E-state index contributed by atoms with van der Waals surface area (Å²) < 4.78 is 0.941. The van der Waals surface area contributed by atoms with E-state index in [1.165, 1.54) is 5.56 Å². The van der Waals surface area contributed by atoms with Gasteiger partial charge < -0.3 is 5.32 Å². The normalized spacial score (nSPS) is 24.0. The first-order valence-corrected chi connectivity index (χ1v) is 6.19. The molecule has 0 bridgehead atoms. The van der Waals surface area contributed by atoms with Gasteiger partial charge in [0.1, 0.15) is 0 Å². The van der Waals surface area contributed by atoms with Gasteiger partial charge in [0.05, 0.1) is 4.34 Å². The van der Waals surface area contributed by atoms with Gasteiger partial charge in [-0.05, 0) is 23.9 Å². The molecule has 0 amide bonds. The van der Waals surface area contributed by atoms with Crippen LogP contribution in [0.4, 0.5) is 0 Å². The Morgan fingerprint density at radius 2 is 2.57 bits per heavy atom. The summed E-state index contributed by atoms with van der Waals surface area (Å²) in [5.74, 6) is 0. The highest BCUT2D eigenvalue weighted by Crippen LogP contribution is 2.24. The molecule has 0 unspecified atom stereocenters. The summed E-state index contributed by atoms with van der Waals surface area (Å²) >= 11 is 7.69. The number of rotatable bonds is 2. The summed E-state index contributed by atoms with van der Waals surface area (Å²) in [7, 11) is 0. The molecule has 0 radical (unpaired) electrons. The predicted octanol–water partition coefficient (Wildman–Crippen LogP) is 2.20. The molecule has 2 nitrogen and oxygen atoms in total. The summed E-state index contributed by atoms with van der Waals surface area (Å²) in [5, 5.41) is 5.49. The lowest BCUT2D eigenvalue weighted by Gasteiger charge is -2.31. The minimum Gasteiger partial charge on any atom is -0.312 e. The predicted molar refractivity (Wildman–Crippen MR) is 62.1 cm³/mol. The van der Waals surface area contributed by atoms with Crippen LogP contribution in [-0.2, 0) is 6.54 Å². The van der Waals surface area contributed by atoms with Gasteiger partial charge in [-0.1, -0.05) is 11.6 Å². The number of nitrogens with zero attached hydrogens (tertiary/aromatic N) is 1. The fraction of sp³-hybridized carbons (Fsp3) is 0.600. The van der Waals surface area contributed by atoms with E-state index in [0.29, 0.717) is 6.04 Å². The maximum atomic E-state index is 6.07. The molecule has 2 rings (SSSR count). The molecule has 4 heteroatoms. The summed E-state index contributed by atoms with van der Waals surface area (Å²) in [4.78, 5) is 2.45. The second-order valence-electron chi connectivity index (χ2n) is 3.81. The van der Waals surface area contributed by atoms with E-state index in [0.717, 1.165) is 30.5 Å². The van der Waals surface area contributed by atoms with Crippen LogP contribution in [0.3, 0.4) is 0 Å². The molecule has 0 saturated carbocycles. The third kappa shape index (κ3) is 2.48. The van der Waals surface area contributed by atoms with E-state index in [-0.39, 0.29) is 0 Å². The lowest BCUT2D eigenvalue weighted by molar-refractivity contribution is 0.200. The molecule has 1 fully saturated rings. The number of nitrogens with one attached hydrogen (secondary N) is 1. The van der Waals surface area contributed by atoms with Gasteiger partial charge >= 0.3 is 0 Å². The molecule has 1 aromatic rings. The maximum Gasteiger partial charge on any atom is 0.0973 e. The Labute approximate surface area is 93.9 Å². The van der Waals surface area contributed by atoms with E-state index >= 15 is 0 Å². The highest BCUT2D eigenvalue weighted by atomic mass is 35.5. The molecule has 78 valence electrons. The molecular weight excluding hydrogens is 216 g/mol. The van der Waals surface area contributed by atoms with Crippen molar-refractivity contribution in [1.82, 2.24) is 10.2 Å². The van der Waals surface area contributed by atoms with Crippen molar-refractivity contribution in [3.63, 3.8) is 0 Å². The molecule has 1 saturated heterocycles. The molecule has 0 aromatic carbocycles. The van der Waals surface area contributed by atoms with Crippen molar-refractivity contribution in [1.29, 1.82) is 0 Å². The van der Waals surface area contributed by atoms with E-state index in [4.69, 9.17) is 11.6 Å². The van der Waals surface area contributed by atoms with Crippen LogP contribution in [0.5, 0.6) is 0 Å². The zero-order chi connectivity index (χ0) is 9.97. The Hall–Kier alpha value is -0.0900. The average Bonchev–Trinajstić information content (AvgIpc) is 2.52. The first-order valence-electron chi connectivity index (χ1n) is 4.93. The van der Waals surface area contributed by atoms with Gasteiger partial charge in [0.15, 0.2) is 0 Å². The van der Waals surface area contributed by atoms with Crippen LogP contribution in [0.15, 0.2) is 11.4 Å². The number of halogens is 1. The molecule has 0 spiro atoms. The van der Waals surface area contributed by atoms with Crippen molar-refractivity contribution in [2.45, 2.75) is 19.5 Å². The zero-order valence-corrected chi connectivity index (χ0v) is 9.87. The molecule has 1 N–H and O–H groups in total. The molecule has 2 heterocycles. The first kappa shape index (κ1) is 10.4. The summed E-state index contributed by atoms with van der Waals surface area (Å²) in [6.07, 6.45) is 0. The molecule has 1 aliphatic rings. The second-order valence-corrected chi connectivity index (χ2v) is 5.33. The third-order valence-corrected chi connectivity index (χ3v) is 3.79. The van der Waals surface area contributed by atoms with E-state index in [1.54, 1.807) is 11.3 Å². The Morgan fingerprint density at radius 1 is 1.71 bits per heavy atom. The van der Waals surface area contributed by atoms with Crippen molar-refractivity contribution < 1.29 is 0 Å². The number of piperazine rings is 1. The summed E-state index contributed by atoms with van der Waals surface area (Å²) in [6, 6.07) is 2.72.